The number of rotatable bonds is 3. The van der Waals surface area contributed by atoms with E-state index in [1.54, 1.807) is 12.3 Å². The maximum atomic E-state index is 13.5. The van der Waals surface area contributed by atoms with E-state index in [4.69, 9.17) is 1.41 Å². The minimum absolute atomic E-state index is 0.0318. The van der Waals surface area contributed by atoms with Crippen LogP contribution in [0.15, 0.2) is 66.9 Å². The zero-order valence-electron chi connectivity index (χ0n) is 17.7. The van der Waals surface area contributed by atoms with Crippen LogP contribution in [0.3, 0.4) is 0 Å². The molecule has 0 spiro atoms. The minimum atomic E-state index is -0.270. The molecule has 4 heteroatoms. The van der Waals surface area contributed by atoms with Gasteiger partial charge in [0.1, 0.15) is 0 Å². The van der Waals surface area contributed by atoms with Gasteiger partial charge >= 0.3 is 0 Å². The summed E-state index contributed by atoms with van der Waals surface area (Å²) in [5.74, 6) is -0.379. The van der Waals surface area contributed by atoms with Crippen LogP contribution in [0, 0.1) is 5.92 Å². The summed E-state index contributed by atoms with van der Waals surface area (Å²) in [6.07, 6.45) is 1.70. The van der Waals surface area contributed by atoms with Crippen molar-refractivity contribution in [3.8, 4) is 0 Å². The number of nitrogens with one attached hydrogen (secondary N) is 1. The summed E-state index contributed by atoms with van der Waals surface area (Å²) >= 11 is 0. The first-order valence-corrected chi connectivity index (χ1v) is 9.83. The molecule has 1 amide bonds. The zero-order chi connectivity index (χ0) is 20.6. The number of amides is 1. The molecule has 1 fully saturated rings. The molecule has 4 nitrogen and oxygen atoms in total. The van der Waals surface area contributed by atoms with Gasteiger partial charge in [0.05, 0.1) is 17.1 Å². The fourth-order valence-electron chi connectivity index (χ4n) is 4.02. The molecule has 1 aliphatic heterocycles. The lowest BCUT2D eigenvalue weighted by molar-refractivity contribution is -0.120. The van der Waals surface area contributed by atoms with Gasteiger partial charge in [-0.1, -0.05) is 48.5 Å². The van der Waals surface area contributed by atoms with Crippen molar-refractivity contribution in [2.24, 2.45) is 5.92 Å². The van der Waals surface area contributed by atoms with Crippen LogP contribution in [0.1, 0.15) is 32.3 Å². The normalized spacial score (nSPS) is 20.9. The number of carbonyl (C=O) groups is 1. The molecule has 3 aromatic rings. The highest BCUT2D eigenvalue weighted by molar-refractivity contribution is 6.01. The molecule has 2 heterocycles. The molecule has 0 unspecified atom stereocenters. The van der Waals surface area contributed by atoms with Crippen molar-refractivity contribution in [1.82, 2.24) is 9.88 Å². The Balaban J connectivity index is 1.69. The number of aromatic nitrogens is 1. The summed E-state index contributed by atoms with van der Waals surface area (Å²) in [5.41, 5.74) is 2.34. The van der Waals surface area contributed by atoms with Crippen LogP contribution in [0.5, 0.6) is 0 Å². The van der Waals surface area contributed by atoms with E-state index in [0.29, 0.717) is 17.7 Å². The quantitative estimate of drug-likeness (QED) is 0.723. The third kappa shape index (κ3) is 3.65. The summed E-state index contributed by atoms with van der Waals surface area (Å²) in [6, 6.07) is 19.7. The van der Waals surface area contributed by atoms with E-state index < -0.39 is 0 Å². The second-order valence-electron chi connectivity index (χ2n) is 8.50. The van der Waals surface area contributed by atoms with Crippen molar-refractivity contribution in [1.29, 1.82) is 0 Å². The van der Waals surface area contributed by atoms with Gasteiger partial charge in [0, 0.05) is 36.1 Å². The Bertz CT molecular complexity index is 1010. The molecule has 1 saturated heterocycles. The molecule has 1 N–H and O–H groups in total. The van der Waals surface area contributed by atoms with Gasteiger partial charge in [0.15, 0.2) is 1.41 Å². The largest absolute Gasteiger partial charge is 0.324 e. The molecular formula is C24H27N3O. The van der Waals surface area contributed by atoms with Crippen molar-refractivity contribution < 1.29 is 6.21 Å². The third-order valence-corrected chi connectivity index (χ3v) is 5.66. The third-order valence-electron chi connectivity index (χ3n) is 5.66. The molecule has 2 aromatic carbocycles. The number of para-hydroxylation sites is 1. The number of anilines is 1. The molecule has 2 atom stereocenters. The van der Waals surface area contributed by atoms with Crippen LogP contribution in [-0.2, 0) is 4.79 Å². The van der Waals surface area contributed by atoms with Crippen LogP contribution in [0.4, 0.5) is 5.69 Å². The van der Waals surface area contributed by atoms with Crippen molar-refractivity contribution >= 4 is 22.5 Å². The van der Waals surface area contributed by atoms with Gasteiger partial charge in [-0.3, -0.25) is 14.7 Å². The highest BCUT2D eigenvalue weighted by Gasteiger charge is 2.42. The Labute approximate surface area is 168 Å². The maximum absolute atomic E-state index is 13.5. The molecule has 0 aliphatic carbocycles. The van der Waals surface area contributed by atoms with Crippen molar-refractivity contribution in [2.75, 3.05) is 18.4 Å². The Morgan fingerprint density at radius 3 is 2.57 bits per heavy atom. The summed E-state index contributed by atoms with van der Waals surface area (Å²) in [7, 11) is 0. The van der Waals surface area contributed by atoms with Gasteiger partial charge in [0.25, 0.3) is 0 Å². The van der Waals surface area contributed by atoms with Crippen LogP contribution in [0.2, 0.25) is 1.41 Å². The number of nitrogens with zero attached hydrogens (tertiary/aromatic N) is 2. The fourth-order valence-corrected chi connectivity index (χ4v) is 4.02. The number of fused-ring (bicyclic) bond motifs is 1. The molecule has 1 aromatic heterocycles. The van der Waals surface area contributed by atoms with Crippen LogP contribution >= 0.6 is 0 Å². The standard InChI is InChI=1S/C24H27N3O/c1-24(2,3)27-15-19(17-9-5-4-6-10-17)20(16-27)23(28)26-21-13-7-11-18-12-8-14-25-22(18)21/h4-14,19-20H,15-16H2,1-3H3,(H,26,28)/t19-,20-/m1/s1/i/hD. The topological polar surface area (TPSA) is 45.2 Å². The fraction of sp³-hybridized carbons (Fsp3) is 0.333. The molecule has 28 heavy (non-hydrogen) atoms. The molecule has 4 rings (SSSR count). The van der Waals surface area contributed by atoms with Gasteiger partial charge < -0.3 is 5.31 Å². The molecule has 0 bridgehead atoms. The smallest absolute Gasteiger partial charge is 0.229 e. The van der Waals surface area contributed by atoms with E-state index in [-0.39, 0.29) is 23.3 Å². The highest BCUT2D eigenvalue weighted by atomic mass is 16.2. The summed E-state index contributed by atoms with van der Waals surface area (Å²) in [5, 5.41) is 1.99. The molecule has 144 valence electrons. The average molecular weight is 375 g/mol. The van der Waals surface area contributed by atoms with Crippen LogP contribution < -0.4 is 5.31 Å². The van der Waals surface area contributed by atoms with E-state index in [1.165, 1.54) is 0 Å². The van der Waals surface area contributed by atoms with Gasteiger partial charge in [-0.15, -0.1) is 0 Å². The van der Waals surface area contributed by atoms with E-state index in [9.17, 15) is 4.79 Å². The van der Waals surface area contributed by atoms with Crippen molar-refractivity contribution in [3.05, 3.63) is 72.4 Å². The number of pyridine rings is 1. The molecule has 0 radical (unpaired) electrons. The predicted octanol–water partition coefficient (Wildman–Crippen LogP) is 4.69. The van der Waals surface area contributed by atoms with Gasteiger partial charge in [0.2, 0.25) is 5.91 Å². The van der Waals surface area contributed by atoms with Crippen LogP contribution in [0.25, 0.3) is 10.9 Å². The molecule has 0 saturated carbocycles. The number of carbonyl (C=O) groups excluding carboxylic acids is 1. The van der Waals surface area contributed by atoms with E-state index in [2.05, 4.69) is 42.8 Å². The number of hydrogen-bond acceptors (Lipinski definition) is 3. The lowest BCUT2D eigenvalue weighted by atomic mass is 9.88. The monoisotopic (exact) mass is 374 g/mol. The van der Waals surface area contributed by atoms with E-state index >= 15 is 0 Å². The highest BCUT2D eigenvalue weighted by Crippen LogP contribution is 2.37. The van der Waals surface area contributed by atoms with Gasteiger partial charge in [-0.05, 0) is 38.5 Å². The van der Waals surface area contributed by atoms with Crippen molar-refractivity contribution in [3.63, 3.8) is 0 Å². The SMILES string of the molecule is [2H]N(C(=O)[C@@H]1CN(C(C)(C)C)C[C@@H]1c1ccccc1)c1cccc2cccnc12. The average Bonchev–Trinajstić information content (AvgIpc) is 3.19. The summed E-state index contributed by atoms with van der Waals surface area (Å²) in [4.78, 5) is 20.3. The first kappa shape index (κ1) is 17.4. The number of benzene rings is 2. The van der Waals surface area contributed by atoms with Crippen LogP contribution in [-0.4, -0.2) is 34.4 Å². The molecular weight excluding hydrogens is 346 g/mol. The second kappa shape index (κ2) is 7.36. The zero-order valence-corrected chi connectivity index (χ0v) is 16.7. The Morgan fingerprint density at radius 2 is 1.82 bits per heavy atom. The molecule has 1 aliphatic rings. The second-order valence-corrected chi connectivity index (χ2v) is 8.50. The van der Waals surface area contributed by atoms with E-state index in [0.717, 1.165) is 22.8 Å². The summed E-state index contributed by atoms with van der Waals surface area (Å²) < 4.78 is 8.67. The predicted molar refractivity (Wildman–Crippen MR) is 114 cm³/mol. The van der Waals surface area contributed by atoms with Gasteiger partial charge in [-0.25, -0.2) is 0 Å². The number of hydrogen-bond donors (Lipinski definition) is 1. The first-order valence-electron chi connectivity index (χ1n) is 10.3. The van der Waals surface area contributed by atoms with Gasteiger partial charge in [-0.2, -0.15) is 0 Å². The van der Waals surface area contributed by atoms with Crippen molar-refractivity contribution in [2.45, 2.75) is 32.2 Å². The Kier molecular flexibility index (Phi) is 4.57. The Hall–Kier alpha value is -2.72. The maximum Gasteiger partial charge on any atom is 0.229 e. The lowest BCUT2D eigenvalue weighted by Crippen LogP contribution is -2.40. The lowest BCUT2D eigenvalue weighted by Gasteiger charge is -2.31. The number of likely N-dealkylation sites (tertiary alicyclic amines) is 1. The first-order chi connectivity index (χ1) is 13.9. The minimum Gasteiger partial charge on any atom is -0.324 e. The summed E-state index contributed by atoms with van der Waals surface area (Å²) in [6.45, 7) is 7.99. The Morgan fingerprint density at radius 1 is 1.07 bits per heavy atom. The van der Waals surface area contributed by atoms with E-state index in [1.807, 2.05) is 42.5 Å².